The summed E-state index contributed by atoms with van der Waals surface area (Å²) < 4.78 is 0. The number of nitrogens with zero attached hydrogens (tertiary/aromatic N) is 2. The third-order valence-electron chi connectivity index (χ3n) is 4.71. The fraction of sp³-hybridized carbons (Fsp3) is 0.429. The molecule has 3 N–H and O–H groups in total. The Hall–Kier alpha value is -2.20. The number of aryl methyl sites for hydroxylation is 1. The summed E-state index contributed by atoms with van der Waals surface area (Å²) in [6.07, 6.45) is 7.38. The molecule has 0 amide bonds. The van der Waals surface area contributed by atoms with E-state index < -0.39 is 0 Å². The number of rotatable bonds is 9. The summed E-state index contributed by atoms with van der Waals surface area (Å²) >= 11 is 0. The van der Waals surface area contributed by atoms with E-state index in [4.69, 9.17) is 5.73 Å². The zero-order valence-electron chi connectivity index (χ0n) is 14.8. The molecule has 0 saturated carbocycles. The molecule has 0 fully saturated rings. The van der Waals surface area contributed by atoms with E-state index in [1.54, 1.807) is 0 Å². The Morgan fingerprint density at radius 3 is 2.80 bits per heavy atom. The van der Waals surface area contributed by atoms with Crippen LogP contribution in [0.3, 0.4) is 0 Å². The van der Waals surface area contributed by atoms with Crippen molar-refractivity contribution in [3.63, 3.8) is 0 Å². The number of hydrogen-bond acceptors (Lipinski definition) is 4. The molecule has 1 aliphatic heterocycles. The quantitative estimate of drug-likeness (QED) is 0.691. The van der Waals surface area contributed by atoms with Crippen molar-refractivity contribution in [3.05, 3.63) is 65.5 Å². The number of hydrogen-bond donors (Lipinski definition) is 2. The predicted molar refractivity (Wildman–Crippen MR) is 104 cm³/mol. The molecule has 132 valence electrons. The molecule has 0 bridgehead atoms. The molecule has 1 aromatic heterocycles. The molecule has 0 radical (unpaired) electrons. The second-order valence-corrected chi connectivity index (χ2v) is 6.61. The van der Waals surface area contributed by atoms with E-state index in [-0.39, 0.29) is 5.92 Å². The van der Waals surface area contributed by atoms with E-state index in [0.29, 0.717) is 0 Å². The average Bonchev–Trinajstić information content (AvgIpc) is 3.18. The highest BCUT2D eigenvalue weighted by Gasteiger charge is 2.19. The van der Waals surface area contributed by atoms with Gasteiger partial charge in [0.25, 0.3) is 0 Å². The maximum Gasteiger partial charge on any atom is 0.0974 e. The molecule has 2 aromatic rings. The molecule has 0 saturated heterocycles. The summed E-state index contributed by atoms with van der Waals surface area (Å²) in [4.78, 5) is 9.20. The maximum absolute atomic E-state index is 5.59. The number of aromatic nitrogens is 1. The number of nitrogens with two attached hydrogens (primary N) is 1. The number of aliphatic imine (C=N–C) groups is 1. The number of nitrogens with one attached hydrogen (secondary N) is 1. The smallest absolute Gasteiger partial charge is 0.0974 e. The van der Waals surface area contributed by atoms with Crippen molar-refractivity contribution in [2.24, 2.45) is 10.7 Å². The standard InChI is InChI=1S/C21H28N4/c22-11-4-1-2-7-17-8-6-9-18(15-17)19(16-21-24-13-14-25-21)20-10-3-5-12-23-20/h3,5-6,8-10,12,15,19H,1-2,4,7,11,13-14,16,22H2,(H,24,25). The minimum absolute atomic E-state index is 0.245. The van der Waals surface area contributed by atoms with Crippen molar-refractivity contribution in [1.82, 2.24) is 10.3 Å². The highest BCUT2D eigenvalue weighted by molar-refractivity contribution is 5.84. The topological polar surface area (TPSA) is 63.3 Å². The number of benzene rings is 1. The molecule has 3 rings (SSSR count). The van der Waals surface area contributed by atoms with Crippen LogP contribution in [0.2, 0.25) is 0 Å². The zero-order chi connectivity index (χ0) is 17.3. The second kappa shape index (κ2) is 9.33. The van der Waals surface area contributed by atoms with Crippen LogP contribution >= 0.6 is 0 Å². The summed E-state index contributed by atoms with van der Waals surface area (Å²) in [5.41, 5.74) is 9.43. The number of unbranched alkanes of at least 4 members (excludes halogenated alkanes) is 2. The lowest BCUT2D eigenvalue weighted by Crippen LogP contribution is -2.21. The molecular formula is C21H28N4. The first-order valence-electron chi connectivity index (χ1n) is 9.34. The minimum atomic E-state index is 0.245. The van der Waals surface area contributed by atoms with Gasteiger partial charge in [-0.1, -0.05) is 36.8 Å². The van der Waals surface area contributed by atoms with Crippen LogP contribution in [0.15, 0.2) is 53.7 Å². The van der Waals surface area contributed by atoms with Crippen LogP contribution in [0.1, 0.15) is 48.4 Å². The van der Waals surface area contributed by atoms with Gasteiger partial charge in [-0.05, 0) is 49.1 Å². The Morgan fingerprint density at radius 2 is 2.04 bits per heavy atom. The van der Waals surface area contributed by atoms with Gasteiger partial charge in [0.15, 0.2) is 0 Å². The van der Waals surface area contributed by atoms with Crippen molar-refractivity contribution in [2.45, 2.75) is 38.0 Å². The first-order chi connectivity index (χ1) is 12.4. The van der Waals surface area contributed by atoms with Gasteiger partial charge in [0.1, 0.15) is 0 Å². The van der Waals surface area contributed by atoms with E-state index in [2.05, 4.69) is 51.7 Å². The largest absolute Gasteiger partial charge is 0.372 e. The van der Waals surface area contributed by atoms with Crippen molar-refractivity contribution in [2.75, 3.05) is 19.6 Å². The molecule has 4 heteroatoms. The molecule has 1 aromatic carbocycles. The normalized spacial score (nSPS) is 14.8. The van der Waals surface area contributed by atoms with Crippen molar-refractivity contribution in [1.29, 1.82) is 0 Å². The van der Waals surface area contributed by atoms with Crippen LogP contribution in [0.5, 0.6) is 0 Å². The fourth-order valence-electron chi connectivity index (χ4n) is 3.37. The summed E-state index contributed by atoms with van der Waals surface area (Å²) in [5, 5.41) is 3.40. The van der Waals surface area contributed by atoms with Gasteiger partial charge in [-0.3, -0.25) is 9.98 Å². The van der Waals surface area contributed by atoms with Gasteiger partial charge in [-0.25, -0.2) is 0 Å². The monoisotopic (exact) mass is 336 g/mol. The predicted octanol–water partition coefficient (Wildman–Crippen LogP) is 3.28. The van der Waals surface area contributed by atoms with Crippen LogP contribution < -0.4 is 11.1 Å². The molecule has 4 nitrogen and oxygen atoms in total. The van der Waals surface area contributed by atoms with Gasteiger partial charge in [0, 0.05) is 30.8 Å². The molecule has 0 spiro atoms. The van der Waals surface area contributed by atoms with Gasteiger partial charge in [-0.2, -0.15) is 0 Å². The molecule has 1 atom stereocenters. The maximum atomic E-state index is 5.59. The van der Waals surface area contributed by atoms with Crippen molar-refractivity contribution in [3.8, 4) is 0 Å². The highest BCUT2D eigenvalue weighted by Crippen LogP contribution is 2.28. The van der Waals surface area contributed by atoms with Gasteiger partial charge >= 0.3 is 0 Å². The number of pyridine rings is 1. The Bertz CT molecular complexity index is 681. The Balaban J connectivity index is 1.78. The lowest BCUT2D eigenvalue weighted by molar-refractivity contribution is 0.685. The van der Waals surface area contributed by atoms with Crippen LogP contribution in [-0.2, 0) is 6.42 Å². The van der Waals surface area contributed by atoms with E-state index in [1.165, 1.54) is 24.0 Å². The van der Waals surface area contributed by atoms with Crippen molar-refractivity contribution >= 4 is 5.84 Å². The summed E-state index contributed by atoms with van der Waals surface area (Å²) in [6.45, 7) is 2.62. The van der Waals surface area contributed by atoms with Crippen LogP contribution in [0, 0.1) is 0 Å². The Labute approximate surface area is 150 Å². The first-order valence-corrected chi connectivity index (χ1v) is 9.34. The summed E-state index contributed by atoms with van der Waals surface area (Å²) in [5.74, 6) is 1.35. The van der Waals surface area contributed by atoms with Gasteiger partial charge in [0.05, 0.1) is 12.4 Å². The zero-order valence-corrected chi connectivity index (χ0v) is 14.8. The molecule has 1 unspecified atom stereocenters. The molecular weight excluding hydrogens is 308 g/mol. The Kier molecular flexibility index (Phi) is 6.57. The minimum Gasteiger partial charge on any atom is -0.372 e. The SMILES string of the molecule is NCCCCCc1cccc(C(CC2=NCCN2)c2ccccn2)c1. The summed E-state index contributed by atoms with van der Waals surface area (Å²) in [7, 11) is 0. The number of amidine groups is 1. The lowest BCUT2D eigenvalue weighted by atomic mass is 9.89. The average molecular weight is 336 g/mol. The van der Waals surface area contributed by atoms with E-state index >= 15 is 0 Å². The summed E-state index contributed by atoms with van der Waals surface area (Å²) in [6, 6.07) is 15.1. The van der Waals surface area contributed by atoms with Gasteiger partial charge in [-0.15, -0.1) is 0 Å². The second-order valence-electron chi connectivity index (χ2n) is 6.61. The van der Waals surface area contributed by atoms with Gasteiger partial charge < -0.3 is 11.1 Å². The van der Waals surface area contributed by atoms with Crippen LogP contribution in [-0.4, -0.2) is 30.5 Å². The van der Waals surface area contributed by atoms with Gasteiger partial charge in [0.2, 0.25) is 0 Å². The molecule has 0 aliphatic carbocycles. The van der Waals surface area contributed by atoms with E-state index in [0.717, 1.165) is 50.4 Å². The van der Waals surface area contributed by atoms with E-state index in [1.807, 2.05) is 12.3 Å². The van der Waals surface area contributed by atoms with Crippen molar-refractivity contribution < 1.29 is 0 Å². The highest BCUT2D eigenvalue weighted by atomic mass is 15.1. The van der Waals surface area contributed by atoms with Crippen LogP contribution in [0.4, 0.5) is 0 Å². The molecule has 25 heavy (non-hydrogen) atoms. The first kappa shape index (κ1) is 17.6. The fourth-order valence-corrected chi connectivity index (χ4v) is 3.37. The van der Waals surface area contributed by atoms with E-state index in [9.17, 15) is 0 Å². The van der Waals surface area contributed by atoms with Crippen LogP contribution in [0.25, 0.3) is 0 Å². The Morgan fingerprint density at radius 1 is 1.08 bits per heavy atom. The third kappa shape index (κ3) is 5.13. The lowest BCUT2D eigenvalue weighted by Gasteiger charge is -2.18. The third-order valence-corrected chi connectivity index (χ3v) is 4.71. The molecule has 1 aliphatic rings. The molecule has 2 heterocycles.